The molecule has 2 rings (SSSR count). The molecule has 4 heteroatoms. The first-order valence-corrected chi connectivity index (χ1v) is 5.97. The van der Waals surface area contributed by atoms with E-state index in [2.05, 4.69) is 29.3 Å². The number of pyridine rings is 1. The van der Waals surface area contributed by atoms with Crippen molar-refractivity contribution in [3.8, 4) is 0 Å². The third-order valence-corrected chi connectivity index (χ3v) is 2.81. The van der Waals surface area contributed by atoms with Crippen LogP contribution in [0.15, 0.2) is 30.5 Å². The van der Waals surface area contributed by atoms with E-state index in [0.717, 1.165) is 34.7 Å². The van der Waals surface area contributed by atoms with Crippen LogP contribution in [0, 0.1) is 0 Å². The number of anilines is 1. The second-order valence-corrected chi connectivity index (χ2v) is 4.69. The number of hydrogen-bond donors (Lipinski definition) is 1. The monoisotopic (exact) mass is 249 g/mol. The molecule has 0 amide bonds. The Balaban J connectivity index is 2.22. The van der Waals surface area contributed by atoms with Gasteiger partial charge in [0.15, 0.2) is 0 Å². The van der Waals surface area contributed by atoms with E-state index in [4.69, 9.17) is 11.6 Å². The molecular weight excluding hydrogens is 234 g/mol. The second kappa shape index (κ2) is 5.34. The van der Waals surface area contributed by atoms with Gasteiger partial charge in [0, 0.05) is 35.4 Å². The molecule has 1 aromatic carbocycles. The van der Waals surface area contributed by atoms with Gasteiger partial charge in [0.05, 0.1) is 5.52 Å². The number of halogens is 1. The van der Waals surface area contributed by atoms with E-state index < -0.39 is 0 Å². The highest BCUT2D eigenvalue weighted by Gasteiger charge is 2.02. The number of benzene rings is 1. The summed E-state index contributed by atoms with van der Waals surface area (Å²) in [6.07, 6.45) is 1.80. The van der Waals surface area contributed by atoms with Crippen molar-refractivity contribution < 1.29 is 0 Å². The Labute approximate surface area is 106 Å². The van der Waals surface area contributed by atoms with E-state index in [1.807, 2.05) is 24.3 Å². The summed E-state index contributed by atoms with van der Waals surface area (Å²) in [4.78, 5) is 6.46. The van der Waals surface area contributed by atoms with Crippen molar-refractivity contribution >= 4 is 28.2 Å². The van der Waals surface area contributed by atoms with Gasteiger partial charge in [-0.25, -0.2) is 0 Å². The van der Waals surface area contributed by atoms with E-state index in [0.29, 0.717) is 0 Å². The lowest BCUT2D eigenvalue weighted by Gasteiger charge is -2.12. The number of nitrogens with zero attached hydrogens (tertiary/aromatic N) is 2. The molecule has 0 atom stereocenters. The van der Waals surface area contributed by atoms with Gasteiger partial charge in [-0.15, -0.1) is 0 Å². The molecule has 0 aliphatic rings. The average Bonchev–Trinajstić information content (AvgIpc) is 2.28. The summed E-state index contributed by atoms with van der Waals surface area (Å²) in [5, 5.41) is 5.24. The van der Waals surface area contributed by atoms with Crippen LogP contribution >= 0.6 is 11.6 Å². The Morgan fingerprint density at radius 2 is 2.12 bits per heavy atom. The first-order valence-electron chi connectivity index (χ1n) is 5.60. The first kappa shape index (κ1) is 12.1. The standard InChI is InChI=1S/C13H16ClN3/c1-17(2)8-7-16-12-5-6-15-13-9-10(14)3-4-11(12)13/h3-6,9H,7-8H2,1-2H3,(H,15,16). The highest BCUT2D eigenvalue weighted by molar-refractivity contribution is 6.31. The molecule has 0 spiro atoms. The zero-order valence-electron chi connectivity index (χ0n) is 10.1. The molecule has 17 heavy (non-hydrogen) atoms. The maximum atomic E-state index is 5.95. The van der Waals surface area contributed by atoms with Crippen molar-refractivity contribution in [3.05, 3.63) is 35.5 Å². The molecular formula is C13H16ClN3. The molecule has 90 valence electrons. The Kier molecular flexibility index (Phi) is 3.82. The van der Waals surface area contributed by atoms with Crippen molar-refractivity contribution in [2.45, 2.75) is 0 Å². The number of aromatic nitrogens is 1. The zero-order valence-corrected chi connectivity index (χ0v) is 10.8. The molecule has 1 N–H and O–H groups in total. The fourth-order valence-corrected chi connectivity index (χ4v) is 1.86. The molecule has 1 heterocycles. The van der Waals surface area contributed by atoms with Gasteiger partial charge in [0.25, 0.3) is 0 Å². The van der Waals surface area contributed by atoms with E-state index >= 15 is 0 Å². The van der Waals surface area contributed by atoms with E-state index in [1.165, 1.54) is 0 Å². The fraction of sp³-hybridized carbons (Fsp3) is 0.308. The van der Waals surface area contributed by atoms with Crippen molar-refractivity contribution in [2.75, 3.05) is 32.5 Å². The van der Waals surface area contributed by atoms with Crippen LogP contribution in [-0.2, 0) is 0 Å². The van der Waals surface area contributed by atoms with Crippen molar-refractivity contribution in [1.82, 2.24) is 9.88 Å². The third kappa shape index (κ3) is 3.08. The molecule has 0 fully saturated rings. The third-order valence-electron chi connectivity index (χ3n) is 2.58. The molecule has 0 saturated heterocycles. The van der Waals surface area contributed by atoms with Crippen LogP contribution in [0.1, 0.15) is 0 Å². The number of nitrogens with one attached hydrogen (secondary N) is 1. The quantitative estimate of drug-likeness (QED) is 0.903. The van der Waals surface area contributed by atoms with E-state index in [-0.39, 0.29) is 0 Å². The summed E-state index contributed by atoms with van der Waals surface area (Å²) in [5.41, 5.74) is 2.03. The summed E-state index contributed by atoms with van der Waals surface area (Å²) in [5.74, 6) is 0. The fourth-order valence-electron chi connectivity index (χ4n) is 1.69. The lowest BCUT2D eigenvalue weighted by molar-refractivity contribution is 0.425. The number of likely N-dealkylation sites (N-methyl/N-ethyl adjacent to an activating group) is 1. The molecule has 0 radical (unpaired) electrons. The van der Waals surface area contributed by atoms with Gasteiger partial charge in [0.2, 0.25) is 0 Å². The molecule has 0 saturated carbocycles. The largest absolute Gasteiger partial charge is 0.383 e. The maximum absolute atomic E-state index is 5.95. The van der Waals surface area contributed by atoms with Gasteiger partial charge in [-0.2, -0.15) is 0 Å². The number of rotatable bonds is 4. The lowest BCUT2D eigenvalue weighted by atomic mass is 10.2. The minimum Gasteiger partial charge on any atom is -0.383 e. The van der Waals surface area contributed by atoms with Crippen LogP contribution in [0.2, 0.25) is 5.02 Å². The van der Waals surface area contributed by atoms with Crippen LogP contribution < -0.4 is 5.32 Å². The van der Waals surface area contributed by atoms with E-state index in [9.17, 15) is 0 Å². The van der Waals surface area contributed by atoms with Crippen LogP contribution in [0.25, 0.3) is 10.9 Å². The minimum atomic E-state index is 0.718. The minimum absolute atomic E-state index is 0.718. The molecule has 0 aliphatic carbocycles. The van der Waals surface area contributed by atoms with Crippen molar-refractivity contribution in [2.24, 2.45) is 0 Å². The van der Waals surface area contributed by atoms with Crippen LogP contribution in [-0.4, -0.2) is 37.1 Å². The van der Waals surface area contributed by atoms with Crippen LogP contribution in [0.5, 0.6) is 0 Å². The Bertz CT molecular complexity index is 511. The second-order valence-electron chi connectivity index (χ2n) is 4.25. The predicted molar refractivity (Wildman–Crippen MR) is 73.8 cm³/mol. The van der Waals surface area contributed by atoms with Gasteiger partial charge in [-0.3, -0.25) is 4.98 Å². The Morgan fingerprint density at radius 3 is 2.88 bits per heavy atom. The highest BCUT2D eigenvalue weighted by atomic mass is 35.5. The highest BCUT2D eigenvalue weighted by Crippen LogP contribution is 2.23. The average molecular weight is 250 g/mol. The normalized spacial score (nSPS) is 11.1. The summed E-state index contributed by atoms with van der Waals surface area (Å²) < 4.78 is 0. The van der Waals surface area contributed by atoms with E-state index in [1.54, 1.807) is 6.20 Å². The summed E-state index contributed by atoms with van der Waals surface area (Å²) in [6, 6.07) is 7.77. The Morgan fingerprint density at radius 1 is 1.29 bits per heavy atom. The molecule has 0 aliphatic heterocycles. The zero-order chi connectivity index (χ0) is 12.3. The van der Waals surface area contributed by atoms with Crippen molar-refractivity contribution in [3.63, 3.8) is 0 Å². The number of hydrogen-bond acceptors (Lipinski definition) is 3. The molecule has 1 aromatic heterocycles. The predicted octanol–water partition coefficient (Wildman–Crippen LogP) is 2.86. The number of fused-ring (bicyclic) bond motifs is 1. The lowest BCUT2D eigenvalue weighted by Crippen LogP contribution is -2.20. The van der Waals surface area contributed by atoms with Gasteiger partial charge < -0.3 is 10.2 Å². The van der Waals surface area contributed by atoms with Gasteiger partial charge >= 0.3 is 0 Å². The smallest absolute Gasteiger partial charge is 0.0737 e. The summed E-state index contributed by atoms with van der Waals surface area (Å²) in [6.45, 7) is 1.91. The van der Waals surface area contributed by atoms with Crippen LogP contribution in [0.3, 0.4) is 0 Å². The van der Waals surface area contributed by atoms with Crippen molar-refractivity contribution in [1.29, 1.82) is 0 Å². The van der Waals surface area contributed by atoms with Gasteiger partial charge in [0.1, 0.15) is 0 Å². The molecule has 3 nitrogen and oxygen atoms in total. The SMILES string of the molecule is CN(C)CCNc1ccnc2cc(Cl)ccc12. The van der Waals surface area contributed by atoms with Gasteiger partial charge in [-0.1, -0.05) is 11.6 Å². The summed E-state index contributed by atoms with van der Waals surface area (Å²) >= 11 is 5.95. The first-order chi connectivity index (χ1) is 8.16. The van der Waals surface area contributed by atoms with Gasteiger partial charge in [-0.05, 0) is 38.4 Å². The molecule has 0 bridgehead atoms. The maximum Gasteiger partial charge on any atom is 0.0737 e. The Hall–Kier alpha value is -1.32. The molecule has 0 unspecified atom stereocenters. The topological polar surface area (TPSA) is 28.2 Å². The molecule has 2 aromatic rings. The van der Waals surface area contributed by atoms with Crippen LogP contribution in [0.4, 0.5) is 5.69 Å². The summed E-state index contributed by atoms with van der Waals surface area (Å²) in [7, 11) is 4.12.